The first-order valence-electron chi connectivity index (χ1n) is 11.1. The number of hydrogen-bond donors (Lipinski definition) is 1. The van der Waals surface area contributed by atoms with Crippen LogP contribution in [-0.4, -0.2) is 15.5 Å². The molecule has 2 heterocycles. The highest BCUT2D eigenvalue weighted by Crippen LogP contribution is 2.31. The zero-order valence-corrected chi connectivity index (χ0v) is 18.3. The average molecular weight is 420 g/mol. The van der Waals surface area contributed by atoms with Gasteiger partial charge in [-0.1, -0.05) is 43.3 Å². The Hall–Kier alpha value is -3.92. The molecule has 1 amide bonds. The average Bonchev–Trinajstić information content (AvgIpc) is 3.17. The monoisotopic (exact) mass is 419 g/mol. The Labute approximate surface area is 187 Å². The first-order chi connectivity index (χ1) is 15.7. The van der Waals surface area contributed by atoms with Gasteiger partial charge in [-0.15, -0.1) is 0 Å². The van der Waals surface area contributed by atoms with Gasteiger partial charge in [0.15, 0.2) is 0 Å². The van der Waals surface area contributed by atoms with Crippen molar-refractivity contribution in [3.05, 3.63) is 96.2 Å². The summed E-state index contributed by atoms with van der Waals surface area (Å²) in [6.45, 7) is 5.17. The fourth-order valence-corrected chi connectivity index (χ4v) is 4.27. The van der Waals surface area contributed by atoms with E-state index in [1.165, 1.54) is 22.0 Å². The van der Waals surface area contributed by atoms with Crippen molar-refractivity contribution >= 4 is 33.4 Å². The summed E-state index contributed by atoms with van der Waals surface area (Å²) in [7, 11) is 0. The van der Waals surface area contributed by atoms with Crippen LogP contribution in [0.5, 0.6) is 0 Å². The first kappa shape index (κ1) is 20.0. The molecule has 2 aromatic heterocycles. The number of benzene rings is 3. The quantitative estimate of drug-likeness (QED) is 0.345. The van der Waals surface area contributed by atoms with Crippen LogP contribution in [0.4, 0.5) is 5.69 Å². The van der Waals surface area contributed by atoms with Gasteiger partial charge in [-0.05, 0) is 61.4 Å². The van der Waals surface area contributed by atoms with Gasteiger partial charge in [-0.25, -0.2) is 0 Å². The predicted octanol–water partition coefficient (Wildman–Crippen LogP) is 6.69. The SMILES string of the molecule is CCc1ccc(-c2ccc(C(=O)Nc3ccc4c(c3)c3ccccc3n4CC)cc2)nc1. The molecule has 0 atom stereocenters. The van der Waals surface area contributed by atoms with Gasteiger partial charge in [0.25, 0.3) is 5.91 Å². The summed E-state index contributed by atoms with van der Waals surface area (Å²) in [5.41, 5.74) is 6.92. The van der Waals surface area contributed by atoms with E-state index in [4.69, 9.17) is 0 Å². The molecule has 0 aliphatic rings. The summed E-state index contributed by atoms with van der Waals surface area (Å²) in [5.74, 6) is -0.121. The van der Waals surface area contributed by atoms with Crippen molar-refractivity contribution in [1.82, 2.24) is 9.55 Å². The zero-order valence-electron chi connectivity index (χ0n) is 18.3. The molecule has 5 rings (SSSR count). The maximum absolute atomic E-state index is 12.9. The molecule has 0 fully saturated rings. The normalized spacial score (nSPS) is 11.2. The highest BCUT2D eigenvalue weighted by atomic mass is 16.1. The molecule has 32 heavy (non-hydrogen) atoms. The van der Waals surface area contributed by atoms with Crippen molar-refractivity contribution in [2.24, 2.45) is 0 Å². The van der Waals surface area contributed by atoms with Gasteiger partial charge in [0, 0.05) is 51.4 Å². The van der Waals surface area contributed by atoms with E-state index in [1.807, 2.05) is 42.6 Å². The van der Waals surface area contributed by atoms with E-state index >= 15 is 0 Å². The van der Waals surface area contributed by atoms with Crippen molar-refractivity contribution in [2.45, 2.75) is 26.8 Å². The maximum atomic E-state index is 12.9. The number of anilines is 1. The van der Waals surface area contributed by atoms with E-state index in [0.29, 0.717) is 5.56 Å². The fraction of sp³-hybridized carbons (Fsp3) is 0.143. The molecule has 0 unspecified atom stereocenters. The van der Waals surface area contributed by atoms with Gasteiger partial charge in [0.1, 0.15) is 0 Å². The summed E-state index contributed by atoms with van der Waals surface area (Å²) in [6, 6.07) is 26.2. The number of carbonyl (C=O) groups excluding carboxylic acids is 1. The number of amides is 1. The lowest BCUT2D eigenvalue weighted by Crippen LogP contribution is -2.11. The van der Waals surface area contributed by atoms with Crippen LogP contribution in [0, 0.1) is 0 Å². The van der Waals surface area contributed by atoms with Gasteiger partial charge in [0.05, 0.1) is 5.69 Å². The van der Waals surface area contributed by atoms with E-state index in [1.54, 1.807) is 0 Å². The second-order valence-electron chi connectivity index (χ2n) is 7.93. The number of pyridine rings is 1. The number of aryl methyl sites for hydroxylation is 2. The van der Waals surface area contributed by atoms with E-state index in [0.717, 1.165) is 35.3 Å². The number of rotatable bonds is 5. The molecular weight excluding hydrogens is 394 g/mol. The molecule has 4 nitrogen and oxygen atoms in total. The Morgan fingerprint density at radius 3 is 2.38 bits per heavy atom. The minimum Gasteiger partial charge on any atom is -0.341 e. The lowest BCUT2D eigenvalue weighted by molar-refractivity contribution is 0.102. The van der Waals surface area contributed by atoms with E-state index < -0.39 is 0 Å². The number of fused-ring (bicyclic) bond motifs is 3. The Kier molecular flexibility index (Phi) is 5.20. The van der Waals surface area contributed by atoms with Crippen LogP contribution in [0.1, 0.15) is 29.8 Å². The molecule has 3 aromatic carbocycles. The van der Waals surface area contributed by atoms with Crippen LogP contribution in [0.15, 0.2) is 85.1 Å². The van der Waals surface area contributed by atoms with E-state index in [2.05, 4.69) is 71.2 Å². The second kappa shape index (κ2) is 8.31. The lowest BCUT2D eigenvalue weighted by atomic mass is 10.1. The fourth-order valence-electron chi connectivity index (χ4n) is 4.27. The van der Waals surface area contributed by atoms with E-state index in [-0.39, 0.29) is 5.91 Å². The molecule has 0 saturated heterocycles. The maximum Gasteiger partial charge on any atom is 0.255 e. The van der Waals surface area contributed by atoms with Crippen LogP contribution in [0.2, 0.25) is 0 Å². The second-order valence-corrected chi connectivity index (χ2v) is 7.93. The Bertz CT molecular complexity index is 1410. The van der Waals surface area contributed by atoms with Gasteiger partial charge in [-0.3, -0.25) is 9.78 Å². The molecular formula is C28H25N3O. The number of nitrogens with one attached hydrogen (secondary N) is 1. The van der Waals surface area contributed by atoms with Crippen molar-refractivity contribution in [2.75, 3.05) is 5.32 Å². The minimum atomic E-state index is -0.121. The van der Waals surface area contributed by atoms with Gasteiger partial charge < -0.3 is 9.88 Å². The van der Waals surface area contributed by atoms with Crippen LogP contribution in [-0.2, 0) is 13.0 Å². The Morgan fingerprint density at radius 2 is 1.66 bits per heavy atom. The molecule has 0 saturated carbocycles. The number of para-hydroxylation sites is 1. The molecule has 158 valence electrons. The summed E-state index contributed by atoms with van der Waals surface area (Å²) in [4.78, 5) is 17.4. The number of aromatic nitrogens is 2. The third-order valence-corrected chi connectivity index (χ3v) is 6.02. The minimum absolute atomic E-state index is 0.121. The van der Waals surface area contributed by atoms with Crippen molar-refractivity contribution in [1.29, 1.82) is 0 Å². The van der Waals surface area contributed by atoms with Crippen LogP contribution < -0.4 is 5.32 Å². The standard InChI is InChI=1S/C28H25N3O/c1-3-19-9-15-25(29-18-19)20-10-12-21(13-11-20)28(32)30-22-14-16-27-24(17-22)23-7-5-6-8-26(23)31(27)4-2/h5-18H,3-4H2,1-2H3,(H,30,32). The van der Waals surface area contributed by atoms with Gasteiger partial charge in [0.2, 0.25) is 0 Å². The van der Waals surface area contributed by atoms with E-state index in [9.17, 15) is 4.79 Å². The molecule has 0 aliphatic carbocycles. The molecule has 0 spiro atoms. The Morgan fingerprint density at radius 1 is 0.875 bits per heavy atom. The van der Waals surface area contributed by atoms with Crippen molar-refractivity contribution in [3.8, 4) is 11.3 Å². The number of nitrogens with zero attached hydrogens (tertiary/aromatic N) is 2. The number of hydrogen-bond acceptors (Lipinski definition) is 2. The van der Waals surface area contributed by atoms with Crippen molar-refractivity contribution in [3.63, 3.8) is 0 Å². The molecule has 0 radical (unpaired) electrons. The summed E-state index contributed by atoms with van der Waals surface area (Å²) < 4.78 is 2.30. The van der Waals surface area contributed by atoms with Crippen LogP contribution in [0.3, 0.4) is 0 Å². The van der Waals surface area contributed by atoms with Gasteiger partial charge >= 0.3 is 0 Å². The highest BCUT2D eigenvalue weighted by Gasteiger charge is 2.12. The summed E-state index contributed by atoms with van der Waals surface area (Å²) in [6.07, 6.45) is 2.87. The summed E-state index contributed by atoms with van der Waals surface area (Å²) >= 11 is 0. The molecule has 4 heteroatoms. The zero-order chi connectivity index (χ0) is 22.1. The highest BCUT2D eigenvalue weighted by molar-refractivity contribution is 6.11. The molecule has 1 N–H and O–H groups in total. The van der Waals surface area contributed by atoms with Crippen LogP contribution in [0.25, 0.3) is 33.1 Å². The van der Waals surface area contributed by atoms with Crippen LogP contribution >= 0.6 is 0 Å². The largest absolute Gasteiger partial charge is 0.341 e. The molecule has 0 bridgehead atoms. The van der Waals surface area contributed by atoms with Crippen molar-refractivity contribution < 1.29 is 4.79 Å². The summed E-state index contributed by atoms with van der Waals surface area (Å²) in [5, 5.41) is 5.40. The topological polar surface area (TPSA) is 46.9 Å². The molecule has 5 aromatic rings. The first-order valence-corrected chi connectivity index (χ1v) is 11.1. The predicted molar refractivity (Wildman–Crippen MR) is 132 cm³/mol. The third kappa shape index (κ3) is 3.54. The lowest BCUT2D eigenvalue weighted by Gasteiger charge is -2.08. The molecule has 0 aliphatic heterocycles. The smallest absolute Gasteiger partial charge is 0.255 e. The Balaban J connectivity index is 1.40. The third-order valence-electron chi connectivity index (χ3n) is 6.02. The number of carbonyl (C=O) groups is 1. The van der Waals surface area contributed by atoms with Gasteiger partial charge in [-0.2, -0.15) is 0 Å².